The number of allylic oxidation sites excluding steroid dienone is 12. The van der Waals surface area contributed by atoms with E-state index in [0.29, 0.717) is 0 Å². The highest BCUT2D eigenvalue weighted by Crippen LogP contribution is 2.38. The van der Waals surface area contributed by atoms with Gasteiger partial charge in [-0.25, -0.2) is 0 Å². The van der Waals surface area contributed by atoms with E-state index in [-0.39, 0.29) is 31.6 Å². The summed E-state index contributed by atoms with van der Waals surface area (Å²) in [6.07, 6.45) is 3.46. The third-order valence-electron chi connectivity index (χ3n) is 12.0. The van der Waals surface area contributed by atoms with Crippen LogP contribution in [0.4, 0.5) is 0 Å². The van der Waals surface area contributed by atoms with Gasteiger partial charge in [0.05, 0.1) is 79.6 Å². The van der Waals surface area contributed by atoms with Gasteiger partial charge in [0.2, 0.25) is 0 Å². The largest absolute Gasteiger partial charge is 0.481 e. The summed E-state index contributed by atoms with van der Waals surface area (Å²) in [6.45, 7) is 6.74. The van der Waals surface area contributed by atoms with E-state index in [4.69, 9.17) is 24.7 Å². The smallest absolute Gasteiger partial charge is 0.311 e. The average Bonchev–Trinajstić information content (AvgIpc) is 3.21. The van der Waals surface area contributed by atoms with Crippen LogP contribution >= 0.6 is 0 Å². The first-order valence-corrected chi connectivity index (χ1v) is 22.3. The number of fused-ring (bicyclic) bond motifs is 2. The second-order valence-corrected chi connectivity index (χ2v) is 17.6. The standard InChI is InChI=1S/C47H73NO17/c1-27-17-15-13-11-9-7-5-6-8-10-12-14-16-18-34(64-46-44(58)41(48)43(57)30(4)63-46)24-38-40(45(59)60)37(54)26-47(61,65-38)25-33(51)22-36(53)35(52)20-19-31(49)21-32(50)23-39(55)62-29(3)28(2)42(27)56/h5-18,27-38,40-44,46,49-54,56-58,61H,19-26,48H2,1-4H3,(H,59,60)/b6-5+,9-7+,10-8+,13-11+,14-12+,17-15+,18-16+/t27-,28-,29-,30+,31+,32+,33-,34-,35+,36+,37-,38-,40?,41-,42+,43+,44-,46-,47+/m0/s1. The van der Waals surface area contributed by atoms with E-state index in [1.807, 2.05) is 19.1 Å². The summed E-state index contributed by atoms with van der Waals surface area (Å²) in [7, 11) is 0. The van der Waals surface area contributed by atoms with Gasteiger partial charge in [-0.3, -0.25) is 9.59 Å². The lowest BCUT2D eigenvalue weighted by Gasteiger charge is -2.45. The second kappa shape index (κ2) is 27.4. The lowest BCUT2D eigenvalue weighted by Crippen LogP contribution is -2.61. The Morgan fingerprint density at radius 2 is 1.23 bits per heavy atom. The van der Waals surface area contributed by atoms with Crippen LogP contribution in [0.25, 0.3) is 0 Å². The number of carboxylic acids is 1. The SMILES string of the molecule is C[C@@H]1[C@H](O)[C@@H](C)/C=C/C=C/C=C/C=C/C=C/C=C/C=C/[C@H](O[C@@H]2O[C@H](C)[C@@H](O)[C@H](N)[C@@H]2O)C[C@@H]2O[C@](O)(C[C@@H](O)C[C@@H](O)[C@H](O)CC[C@@H](O)C[C@@H](O)CC(=O)O[C@H]1C)C[C@H](O)C2C(=O)O. The number of hydrogen-bond donors (Lipinski definition) is 12. The highest BCUT2D eigenvalue weighted by molar-refractivity contribution is 5.71. The third kappa shape index (κ3) is 18.6. The number of aliphatic carboxylic acids is 1. The number of ether oxygens (including phenoxy) is 4. The molecule has 2 bridgehead atoms. The van der Waals surface area contributed by atoms with Gasteiger partial charge in [-0.2, -0.15) is 0 Å². The number of carbonyl (C=O) groups excluding carboxylic acids is 1. The number of carboxylic acid groups (broad SMARTS) is 1. The number of nitrogens with two attached hydrogens (primary N) is 1. The van der Waals surface area contributed by atoms with Crippen LogP contribution in [0.5, 0.6) is 0 Å². The first kappa shape index (κ1) is 55.9. The zero-order valence-electron chi connectivity index (χ0n) is 37.6. The summed E-state index contributed by atoms with van der Waals surface area (Å²) in [6, 6.07) is -1.15. The first-order chi connectivity index (χ1) is 30.6. The van der Waals surface area contributed by atoms with Gasteiger partial charge in [-0.15, -0.1) is 0 Å². The predicted octanol–water partition coefficient (Wildman–Crippen LogP) is 0.712. The van der Waals surface area contributed by atoms with Crippen molar-refractivity contribution in [1.82, 2.24) is 0 Å². The quantitative estimate of drug-likeness (QED) is 0.174. The Morgan fingerprint density at radius 1 is 0.662 bits per heavy atom. The van der Waals surface area contributed by atoms with Gasteiger partial charge in [0.1, 0.15) is 18.1 Å². The lowest BCUT2D eigenvalue weighted by atomic mass is 9.82. The van der Waals surface area contributed by atoms with Gasteiger partial charge >= 0.3 is 11.9 Å². The van der Waals surface area contributed by atoms with Crippen LogP contribution in [0.2, 0.25) is 0 Å². The molecule has 0 aromatic carbocycles. The van der Waals surface area contributed by atoms with Crippen molar-refractivity contribution in [3.8, 4) is 0 Å². The Morgan fingerprint density at radius 3 is 1.82 bits per heavy atom. The van der Waals surface area contributed by atoms with Crippen LogP contribution in [0.1, 0.15) is 79.1 Å². The lowest BCUT2D eigenvalue weighted by molar-refractivity contribution is -0.308. The van der Waals surface area contributed by atoms with Gasteiger partial charge in [0, 0.05) is 37.5 Å². The molecule has 0 radical (unpaired) electrons. The highest BCUT2D eigenvalue weighted by atomic mass is 16.7. The van der Waals surface area contributed by atoms with Crippen LogP contribution in [0.3, 0.4) is 0 Å². The summed E-state index contributed by atoms with van der Waals surface area (Å²) in [4.78, 5) is 25.1. The molecule has 3 rings (SSSR count). The summed E-state index contributed by atoms with van der Waals surface area (Å²) in [5.41, 5.74) is 6.02. The topological polar surface area (TPSA) is 320 Å². The minimum absolute atomic E-state index is 0.107. The molecule has 0 aromatic rings. The van der Waals surface area contributed by atoms with Gasteiger partial charge in [-0.1, -0.05) is 98.9 Å². The van der Waals surface area contributed by atoms with Gasteiger partial charge < -0.3 is 80.9 Å². The highest BCUT2D eigenvalue weighted by Gasteiger charge is 2.51. The number of hydrogen-bond acceptors (Lipinski definition) is 17. The van der Waals surface area contributed by atoms with Crippen molar-refractivity contribution in [2.45, 2.75) is 177 Å². The monoisotopic (exact) mass is 923 g/mol. The fourth-order valence-electron chi connectivity index (χ4n) is 7.97. The minimum Gasteiger partial charge on any atom is -0.481 e. The first-order valence-electron chi connectivity index (χ1n) is 22.3. The van der Waals surface area contributed by atoms with Crippen molar-refractivity contribution >= 4 is 11.9 Å². The van der Waals surface area contributed by atoms with E-state index in [1.54, 1.807) is 80.7 Å². The summed E-state index contributed by atoms with van der Waals surface area (Å²) in [5.74, 6) is -6.83. The molecule has 1 unspecified atom stereocenters. The molecular formula is C47H73NO17. The van der Waals surface area contributed by atoms with E-state index < -0.39 is 147 Å². The van der Waals surface area contributed by atoms with E-state index in [0.717, 1.165) is 0 Å². The Balaban J connectivity index is 1.86. The maximum Gasteiger partial charge on any atom is 0.311 e. The molecular weight excluding hydrogens is 851 g/mol. The maximum atomic E-state index is 12.6. The molecule has 3 heterocycles. The fourth-order valence-corrected chi connectivity index (χ4v) is 7.97. The fraction of sp³-hybridized carbons (Fsp3) is 0.660. The molecule has 2 saturated heterocycles. The van der Waals surface area contributed by atoms with E-state index >= 15 is 0 Å². The van der Waals surface area contributed by atoms with Crippen LogP contribution in [0, 0.1) is 17.8 Å². The Kier molecular flexibility index (Phi) is 23.6. The maximum absolute atomic E-state index is 12.6. The number of cyclic esters (lactones) is 1. The molecule has 18 nitrogen and oxygen atoms in total. The van der Waals surface area contributed by atoms with Crippen molar-refractivity contribution < 1.29 is 84.7 Å². The molecule has 2 fully saturated rings. The summed E-state index contributed by atoms with van der Waals surface area (Å²) in [5, 5.41) is 118. The molecule has 0 aliphatic carbocycles. The molecule has 13 N–H and O–H groups in total. The molecule has 18 heteroatoms. The molecule has 368 valence electrons. The average molecular weight is 924 g/mol. The zero-order chi connectivity index (χ0) is 48.4. The Labute approximate surface area is 381 Å². The molecule has 0 spiro atoms. The molecule has 0 amide bonds. The van der Waals surface area contributed by atoms with E-state index in [9.17, 15) is 65.8 Å². The normalized spacial score (nSPS) is 45.5. The number of aliphatic hydroxyl groups excluding tert-OH is 9. The number of aliphatic hydroxyl groups is 10. The molecule has 0 aromatic heterocycles. The molecule has 19 atom stereocenters. The number of carbonyl (C=O) groups is 2. The number of rotatable bonds is 3. The minimum atomic E-state index is -2.33. The zero-order valence-corrected chi connectivity index (χ0v) is 37.6. The molecule has 0 saturated carbocycles. The Hall–Kier alpha value is -3.44. The predicted molar refractivity (Wildman–Crippen MR) is 237 cm³/mol. The van der Waals surface area contributed by atoms with E-state index in [1.165, 1.54) is 13.0 Å². The number of esters is 1. The van der Waals surface area contributed by atoms with Crippen molar-refractivity contribution in [2.75, 3.05) is 0 Å². The van der Waals surface area contributed by atoms with Crippen LogP contribution in [0.15, 0.2) is 85.1 Å². The van der Waals surface area contributed by atoms with E-state index in [2.05, 4.69) is 0 Å². The van der Waals surface area contributed by atoms with Crippen molar-refractivity contribution in [2.24, 2.45) is 23.5 Å². The summed E-state index contributed by atoms with van der Waals surface area (Å²) >= 11 is 0. The second-order valence-electron chi connectivity index (χ2n) is 17.6. The molecule has 3 aliphatic rings. The molecule has 65 heavy (non-hydrogen) atoms. The summed E-state index contributed by atoms with van der Waals surface area (Å²) < 4.78 is 23.1. The van der Waals surface area contributed by atoms with Crippen LogP contribution in [-0.2, 0) is 28.5 Å². The van der Waals surface area contributed by atoms with Gasteiger partial charge in [0.15, 0.2) is 12.1 Å². The van der Waals surface area contributed by atoms with Crippen molar-refractivity contribution in [1.29, 1.82) is 0 Å². The van der Waals surface area contributed by atoms with Gasteiger partial charge in [-0.05, 0) is 33.1 Å². The third-order valence-corrected chi connectivity index (χ3v) is 12.0. The van der Waals surface area contributed by atoms with Crippen molar-refractivity contribution in [3.05, 3.63) is 85.1 Å². The van der Waals surface area contributed by atoms with Crippen LogP contribution < -0.4 is 5.73 Å². The van der Waals surface area contributed by atoms with Gasteiger partial charge in [0.25, 0.3) is 0 Å². The van der Waals surface area contributed by atoms with Crippen molar-refractivity contribution in [3.63, 3.8) is 0 Å². The van der Waals surface area contributed by atoms with Crippen LogP contribution in [-0.4, -0.2) is 166 Å². The molecule has 3 aliphatic heterocycles. The Bertz CT molecular complexity index is 1670.